The first-order valence-corrected chi connectivity index (χ1v) is 9.02. The number of nitrogens with one attached hydrogen (secondary N) is 1. The SMILES string of the molecule is C[C@H](C(=O)Nc1cc(Cl)ccc1O)N1C(=O)c2ccccc2S1(=O)=O. The second kappa shape index (κ2) is 6.05. The second-order valence-corrected chi connectivity index (χ2v) is 7.65. The molecule has 0 aromatic heterocycles. The molecule has 25 heavy (non-hydrogen) atoms. The van der Waals surface area contributed by atoms with E-state index < -0.39 is 27.9 Å². The quantitative estimate of drug-likeness (QED) is 0.794. The zero-order valence-electron chi connectivity index (χ0n) is 12.9. The summed E-state index contributed by atoms with van der Waals surface area (Å²) in [6, 6.07) is 8.47. The van der Waals surface area contributed by atoms with Gasteiger partial charge in [-0.2, -0.15) is 0 Å². The first-order valence-electron chi connectivity index (χ1n) is 7.20. The lowest BCUT2D eigenvalue weighted by molar-refractivity contribution is -0.118. The summed E-state index contributed by atoms with van der Waals surface area (Å²) >= 11 is 5.81. The number of hydrogen-bond donors (Lipinski definition) is 2. The third-order valence-corrected chi connectivity index (χ3v) is 5.95. The molecule has 1 aliphatic rings. The first kappa shape index (κ1) is 17.2. The van der Waals surface area contributed by atoms with Crippen LogP contribution in [-0.2, 0) is 14.8 Å². The molecule has 0 spiro atoms. The van der Waals surface area contributed by atoms with Gasteiger partial charge in [-0.05, 0) is 37.3 Å². The van der Waals surface area contributed by atoms with Crippen LogP contribution in [0.4, 0.5) is 5.69 Å². The number of carbonyl (C=O) groups is 2. The Labute approximate surface area is 148 Å². The van der Waals surface area contributed by atoms with Gasteiger partial charge in [0, 0.05) is 5.02 Å². The molecule has 1 heterocycles. The largest absolute Gasteiger partial charge is 0.506 e. The second-order valence-electron chi connectivity index (χ2n) is 5.43. The van der Waals surface area contributed by atoms with Gasteiger partial charge in [0.15, 0.2) is 0 Å². The molecular weight excluding hydrogens is 368 g/mol. The Bertz CT molecular complexity index is 990. The summed E-state index contributed by atoms with van der Waals surface area (Å²) in [6.45, 7) is 1.29. The zero-order chi connectivity index (χ0) is 18.4. The number of phenolic OH excluding ortho intramolecular Hbond substituents is 1. The minimum absolute atomic E-state index is 0.0194. The molecular formula is C16H13ClN2O5S. The van der Waals surface area contributed by atoms with Crippen molar-refractivity contribution in [1.82, 2.24) is 4.31 Å². The molecule has 1 aliphatic heterocycles. The molecule has 1 atom stereocenters. The molecule has 0 radical (unpaired) electrons. The number of rotatable bonds is 3. The molecule has 0 saturated carbocycles. The molecule has 0 bridgehead atoms. The van der Waals surface area contributed by atoms with Crippen LogP contribution in [0.1, 0.15) is 17.3 Å². The third-order valence-electron chi connectivity index (χ3n) is 3.80. The molecule has 2 amide bonds. The maximum atomic E-state index is 12.6. The van der Waals surface area contributed by atoms with Crippen molar-refractivity contribution in [3.8, 4) is 5.75 Å². The Hall–Kier alpha value is -2.58. The van der Waals surface area contributed by atoms with E-state index in [0.29, 0.717) is 4.31 Å². The fourth-order valence-electron chi connectivity index (χ4n) is 2.54. The van der Waals surface area contributed by atoms with Crippen LogP contribution in [0.15, 0.2) is 47.4 Å². The topological polar surface area (TPSA) is 104 Å². The lowest BCUT2D eigenvalue weighted by Crippen LogP contribution is -2.45. The highest BCUT2D eigenvalue weighted by molar-refractivity contribution is 7.90. The van der Waals surface area contributed by atoms with Gasteiger partial charge in [-0.3, -0.25) is 9.59 Å². The molecule has 0 saturated heterocycles. The van der Waals surface area contributed by atoms with Gasteiger partial charge >= 0.3 is 0 Å². The smallest absolute Gasteiger partial charge is 0.269 e. The average Bonchev–Trinajstić information content (AvgIpc) is 2.77. The molecule has 7 nitrogen and oxygen atoms in total. The van der Waals surface area contributed by atoms with Crippen molar-refractivity contribution >= 4 is 39.1 Å². The summed E-state index contributed by atoms with van der Waals surface area (Å²) in [5, 5.41) is 12.4. The third kappa shape index (κ3) is 2.83. The number of amides is 2. The lowest BCUT2D eigenvalue weighted by atomic mass is 10.2. The van der Waals surface area contributed by atoms with Gasteiger partial charge in [-0.1, -0.05) is 23.7 Å². The maximum absolute atomic E-state index is 12.6. The number of fused-ring (bicyclic) bond motifs is 1. The van der Waals surface area contributed by atoms with E-state index in [4.69, 9.17) is 11.6 Å². The van der Waals surface area contributed by atoms with E-state index in [1.165, 1.54) is 43.3 Å². The number of carbonyl (C=O) groups excluding carboxylic acids is 2. The Morgan fingerprint density at radius 2 is 1.92 bits per heavy atom. The summed E-state index contributed by atoms with van der Waals surface area (Å²) in [5.74, 6) is -1.78. The maximum Gasteiger partial charge on any atom is 0.269 e. The predicted octanol–water partition coefficient (Wildman–Crippen LogP) is 2.22. The molecule has 9 heteroatoms. The van der Waals surface area contributed by atoms with Gasteiger partial charge in [0.05, 0.1) is 11.3 Å². The van der Waals surface area contributed by atoms with Crippen molar-refractivity contribution in [2.24, 2.45) is 0 Å². The van der Waals surface area contributed by atoms with Crippen molar-refractivity contribution in [3.63, 3.8) is 0 Å². The average molecular weight is 381 g/mol. The zero-order valence-corrected chi connectivity index (χ0v) is 14.5. The number of anilines is 1. The van der Waals surface area contributed by atoms with Crippen molar-refractivity contribution in [1.29, 1.82) is 0 Å². The van der Waals surface area contributed by atoms with Gasteiger partial charge in [-0.15, -0.1) is 0 Å². The molecule has 130 valence electrons. The van der Waals surface area contributed by atoms with Gasteiger partial charge < -0.3 is 10.4 Å². The number of sulfonamides is 1. The van der Waals surface area contributed by atoms with Crippen molar-refractivity contribution in [2.75, 3.05) is 5.32 Å². The Morgan fingerprint density at radius 1 is 1.24 bits per heavy atom. The molecule has 0 fully saturated rings. The van der Waals surface area contributed by atoms with E-state index in [1.807, 2.05) is 0 Å². The van der Waals surface area contributed by atoms with Gasteiger partial charge in [0.1, 0.15) is 16.7 Å². The minimum atomic E-state index is -4.12. The van der Waals surface area contributed by atoms with Crippen molar-refractivity contribution < 1.29 is 23.1 Å². The lowest BCUT2D eigenvalue weighted by Gasteiger charge is -2.22. The summed E-state index contributed by atoms with van der Waals surface area (Å²) in [4.78, 5) is 24.7. The molecule has 3 rings (SSSR count). The Morgan fingerprint density at radius 3 is 2.60 bits per heavy atom. The summed E-state index contributed by atoms with van der Waals surface area (Å²) in [5.41, 5.74) is 0.0404. The van der Waals surface area contributed by atoms with Crippen LogP contribution in [0.25, 0.3) is 0 Å². The number of phenols is 1. The molecule has 2 aromatic rings. The highest BCUT2D eigenvalue weighted by Gasteiger charge is 2.45. The summed E-state index contributed by atoms with van der Waals surface area (Å²) in [6.07, 6.45) is 0. The monoisotopic (exact) mass is 380 g/mol. The van der Waals surface area contributed by atoms with Gasteiger partial charge in [0.2, 0.25) is 5.91 Å². The van der Waals surface area contributed by atoms with Crippen LogP contribution in [0.5, 0.6) is 5.75 Å². The Kier molecular flexibility index (Phi) is 4.18. The van der Waals surface area contributed by atoms with E-state index in [1.54, 1.807) is 6.07 Å². The van der Waals surface area contributed by atoms with Crippen molar-refractivity contribution in [3.05, 3.63) is 53.1 Å². The number of halogens is 1. The molecule has 0 unspecified atom stereocenters. The fraction of sp³-hybridized carbons (Fsp3) is 0.125. The van der Waals surface area contributed by atoms with Crippen molar-refractivity contribution in [2.45, 2.75) is 17.9 Å². The highest BCUT2D eigenvalue weighted by Crippen LogP contribution is 2.32. The van der Waals surface area contributed by atoms with Crippen LogP contribution in [0.2, 0.25) is 5.02 Å². The number of nitrogens with zero attached hydrogens (tertiary/aromatic N) is 1. The Balaban J connectivity index is 1.91. The van der Waals surface area contributed by atoms with Crippen LogP contribution < -0.4 is 5.32 Å². The standard InChI is InChI=1S/C16H13ClN2O5S/c1-9(15(21)18-12-8-10(17)6-7-13(12)20)19-16(22)11-4-2-3-5-14(11)25(19,23)24/h2-9,20H,1H3,(H,18,21)/t9-/m1/s1. The molecule has 2 N–H and O–H groups in total. The summed E-state index contributed by atoms with van der Waals surface area (Å²) in [7, 11) is -4.12. The van der Waals surface area contributed by atoms with E-state index in [9.17, 15) is 23.1 Å². The van der Waals surface area contributed by atoms with E-state index >= 15 is 0 Å². The van der Waals surface area contributed by atoms with Crippen LogP contribution in [0, 0.1) is 0 Å². The number of aromatic hydroxyl groups is 1. The van der Waals surface area contributed by atoms with Gasteiger partial charge in [0.25, 0.3) is 15.9 Å². The predicted molar refractivity (Wildman–Crippen MR) is 91.0 cm³/mol. The highest BCUT2D eigenvalue weighted by atomic mass is 35.5. The van der Waals surface area contributed by atoms with E-state index in [0.717, 1.165) is 0 Å². The number of hydrogen-bond acceptors (Lipinski definition) is 5. The van der Waals surface area contributed by atoms with Crippen LogP contribution in [0.3, 0.4) is 0 Å². The fourth-order valence-corrected chi connectivity index (χ4v) is 4.43. The van der Waals surface area contributed by atoms with E-state index in [-0.39, 0.29) is 26.9 Å². The number of benzene rings is 2. The minimum Gasteiger partial charge on any atom is -0.506 e. The normalized spacial score (nSPS) is 16.4. The van der Waals surface area contributed by atoms with Crippen LogP contribution >= 0.6 is 11.6 Å². The molecule has 2 aromatic carbocycles. The first-order chi connectivity index (χ1) is 11.7. The van der Waals surface area contributed by atoms with Crippen LogP contribution in [-0.4, -0.2) is 35.7 Å². The van der Waals surface area contributed by atoms with E-state index in [2.05, 4.69) is 5.32 Å². The van der Waals surface area contributed by atoms with Gasteiger partial charge in [-0.25, -0.2) is 12.7 Å². The summed E-state index contributed by atoms with van der Waals surface area (Å²) < 4.78 is 25.7. The molecule has 0 aliphatic carbocycles.